The lowest BCUT2D eigenvalue weighted by atomic mass is 9.96. The number of carbonyl (C=O) groups excluding carboxylic acids is 1. The fraction of sp³-hybridized carbons (Fsp3) is 0.385. The largest absolute Gasteiger partial charge is 0.478 e. The lowest BCUT2D eigenvalue weighted by Gasteiger charge is -2.14. The zero-order valence-corrected chi connectivity index (χ0v) is 10.2. The smallest absolute Gasteiger partial charge is 0.335 e. The van der Waals surface area contributed by atoms with Crippen LogP contribution in [0.25, 0.3) is 0 Å². The summed E-state index contributed by atoms with van der Waals surface area (Å²) >= 11 is 0. The van der Waals surface area contributed by atoms with Gasteiger partial charge in [0.1, 0.15) is 5.75 Å². The Morgan fingerprint density at radius 1 is 1.41 bits per heavy atom. The Morgan fingerprint density at radius 2 is 2.06 bits per heavy atom. The first kappa shape index (κ1) is 13.2. The van der Waals surface area contributed by atoms with E-state index in [2.05, 4.69) is 0 Å². The van der Waals surface area contributed by atoms with Crippen molar-refractivity contribution in [3.05, 3.63) is 29.3 Å². The summed E-state index contributed by atoms with van der Waals surface area (Å²) in [6, 6.07) is 4.62. The topological polar surface area (TPSA) is 63.6 Å². The SMILES string of the molecule is CCC(C)c1ccc(C(=O)O)cc1OC(C)=O. The second-order valence-corrected chi connectivity index (χ2v) is 3.96. The number of hydrogen-bond donors (Lipinski definition) is 1. The van der Waals surface area contributed by atoms with E-state index in [1.165, 1.54) is 19.1 Å². The Labute approximate surface area is 100 Å². The van der Waals surface area contributed by atoms with Crippen molar-refractivity contribution in [2.24, 2.45) is 0 Å². The number of rotatable bonds is 4. The molecule has 0 spiro atoms. The first-order valence-electron chi connectivity index (χ1n) is 5.51. The van der Waals surface area contributed by atoms with E-state index in [4.69, 9.17) is 9.84 Å². The highest BCUT2D eigenvalue weighted by molar-refractivity contribution is 5.88. The Bertz CT molecular complexity index is 437. The minimum Gasteiger partial charge on any atom is -0.478 e. The normalized spacial score (nSPS) is 11.9. The molecule has 0 radical (unpaired) electrons. The predicted molar refractivity (Wildman–Crippen MR) is 63.4 cm³/mol. The molecule has 0 heterocycles. The van der Waals surface area contributed by atoms with E-state index in [-0.39, 0.29) is 11.5 Å². The summed E-state index contributed by atoms with van der Waals surface area (Å²) in [4.78, 5) is 21.8. The summed E-state index contributed by atoms with van der Waals surface area (Å²) in [6.45, 7) is 5.32. The summed E-state index contributed by atoms with van der Waals surface area (Å²) in [5.74, 6) is -0.926. The number of carboxylic acid groups (broad SMARTS) is 1. The Kier molecular flexibility index (Phi) is 4.26. The number of esters is 1. The van der Waals surface area contributed by atoms with Gasteiger partial charge in [-0.15, -0.1) is 0 Å². The van der Waals surface area contributed by atoms with Gasteiger partial charge in [-0.3, -0.25) is 4.79 Å². The number of carbonyl (C=O) groups is 2. The van der Waals surface area contributed by atoms with Gasteiger partial charge in [0, 0.05) is 6.92 Å². The van der Waals surface area contributed by atoms with E-state index < -0.39 is 11.9 Å². The van der Waals surface area contributed by atoms with E-state index in [1.807, 2.05) is 13.8 Å². The van der Waals surface area contributed by atoms with Crippen molar-refractivity contribution in [2.45, 2.75) is 33.1 Å². The van der Waals surface area contributed by atoms with E-state index in [0.29, 0.717) is 5.75 Å². The van der Waals surface area contributed by atoms with Crippen molar-refractivity contribution in [1.82, 2.24) is 0 Å². The van der Waals surface area contributed by atoms with Crippen molar-refractivity contribution in [3.63, 3.8) is 0 Å². The van der Waals surface area contributed by atoms with Crippen LogP contribution in [0.4, 0.5) is 0 Å². The zero-order chi connectivity index (χ0) is 13.0. The van der Waals surface area contributed by atoms with Crippen LogP contribution in [-0.2, 0) is 4.79 Å². The molecule has 4 nitrogen and oxygen atoms in total. The quantitative estimate of drug-likeness (QED) is 0.645. The monoisotopic (exact) mass is 236 g/mol. The summed E-state index contributed by atoms with van der Waals surface area (Å²) in [5.41, 5.74) is 0.973. The van der Waals surface area contributed by atoms with E-state index in [1.54, 1.807) is 6.07 Å². The molecule has 0 aliphatic rings. The number of ether oxygens (including phenoxy) is 1. The third-order valence-corrected chi connectivity index (χ3v) is 2.66. The average Bonchev–Trinajstić information content (AvgIpc) is 2.27. The molecule has 0 aliphatic carbocycles. The van der Waals surface area contributed by atoms with Gasteiger partial charge in [-0.1, -0.05) is 19.9 Å². The van der Waals surface area contributed by atoms with Crippen molar-refractivity contribution >= 4 is 11.9 Å². The van der Waals surface area contributed by atoms with Gasteiger partial charge in [-0.2, -0.15) is 0 Å². The van der Waals surface area contributed by atoms with Crippen LogP contribution in [0.15, 0.2) is 18.2 Å². The molecule has 1 N–H and O–H groups in total. The molecule has 0 fully saturated rings. The Morgan fingerprint density at radius 3 is 2.53 bits per heavy atom. The van der Waals surface area contributed by atoms with Gasteiger partial charge in [-0.05, 0) is 30.0 Å². The Balaban J connectivity index is 3.20. The highest BCUT2D eigenvalue weighted by Gasteiger charge is 2.14. The van der Waals surface area contributed by atoms with Gasteiger partial charge >= 0.3 is 11.9 Å². The van der Waals surface area contributed by atoms with Crippen molar-refractivity contribution in [2.75, 3.05) is 0 Å². The number of aromatic carboxylic acids is 1. The second-order valence-electron chi connectivity index (χ2n) is 3.96. The van der Waals surface area contributed by atoms with Crippen LogP contribution in [0, 0.1) is 0 Å². The number of hydrogen-bond acceptors (Lipinski definition) is 3. The molecule has 0 saturated heterocycles. The fourth-order valence-electron chi connectivity index (χ4n) is 1.54. The van der Waals surface area contributed by atoms with Gasteiger partial charge in [0.05, 0.1) is 5.56 Å². The molecule has 4 heteroatoms. The van der Waals surface area contributed by atoms with Crippen molar-refractivity contribution < 1.29 is 19.4 Å². The third kappa shape index (κ3) is 3.31. The molecule has 0 aliphatic heterocycles. The first-order chi connectivity index (χ1) is 7.95. The van der Waals surface area contributed by atoms with E-state index >= 15 is 0 Å². The third-order valence-electron chi connectivity index (χ3n) is 2.66. The van der Waals surface area contributed by atoms with Crippen LogP contribution in [0.1, 0.15) is 49.0 Å². The highest BCUT2D eigenvalue weighted by Crippen LogP contribution is 2.30. The van der Waals surface area contributed by atoms with Crippen molar-refractivity contribution in [1.29, 1.82) is 0 Å². The summed E-state index contributed by atoms with van der Waals surface area (Å²) in [6.07, 6.45) is 0.890. The Hall–Kier alpha value is -1.84. The molecule has 17 heavy (non-hydrogen) atoms. The molecule has 1 atom stereocenters. The standard InChI is InChI=1S/C13H16O4/c1-4-8(2)11-6-5-10(13(15)16)7-12(11)17-9(3)14/h5-8H,4H2,1-3H3,(H,15,16). The molecule has 1 aromatic carbocycles. The van der Waals surface area contributed by atoms with Gasteiger partial charge in [-0.25, -0.2) is 4.79 Å². The van der Waals surface area contributed by atoms with Crippen LogP contribution < -0.4 is 4.74 Å². The van der Waals surface area contributed by atoms with Crippen LogP contribution in [-0.4, -0.2) is 17.0 Å². The molecule has 0 aromatic heterocycles. The number of carboxylic acids is 1. The minimum absolute atomic E-state index is 0.119. The van der Waals surface area contributed by atoms with E-state index in [9.17, 15) is 9.59 Å². The molecule has 0 saturated carbocycles. The average molecular weight is 236 g/mol. The first-order valence-corrected chi connectivity index (χ1v) is 5.51. The second kappa shape index (κ2) is 5.48. The van der Waals surface area contributed by atoms with Crippen molar-refractivity contribution in [3.8, 4) is 5.75 Å². The predicted octanol–water partition coefficient (Wildman–Crippen LogP) is 2.82. The van der Waals surface area contributed by atoms with Crippen LogP contribution >= 0.6 is 0 Å². The summed E-state index contributed by atoms with van der Waals surface area (Å²) in [5, 5.41) is 8.89. The molecule has 92 valence electrons. The maximum atomic E-state index is 11.0. The summed E-state index contributed by atoms with van der Waals surface area (Å²) < 4.78 is 5.06. The van der Waals surface area contributed by atoms with Gasteiger partial charge in [0.25, 0.3) is 0 Å². The van der Waals surface area contributed by atoms with Gasteiger partial charge < -0.3 is 9.84 Å². The zero-order valence-electron chi connectivity index (χ0n) is 10.2. The molecule has 0 amide bonds. The van der Waals surface area contributed by atoms with Gasteiger partial charge in [0.15, 0.2) is 0 Å². The molecule has 0 bridgehead atoms. The van der Waals surface area contributed by atoms with Crippen LogP contribution in [0.5, 0.6) is 5.75 Å². The lowest BCUT2D eigenvalue weighted by molar-refractivity contribution is -0.131. The van der Waals surface area contributed by atoms with Crippen LogP contribution in [0.3, 0.4) is 0 Å². The molecular weight excluding hydrogens is 220 g/mol. The minimum atomic E-state index is -1.03. The maximum absolute atomic E-state index is 11.0. The molecular formula is C13H16O4. The highest BCUT2D eigenvalue weighted by atomic mass is 16.5. The van der Waals surface area contributed by atoms with Gasteiger partial charge in [0.2, 0.25) is 0 Å². The maximum Gasteiger partial charge on any atom is 0.335 e. The molecule has 1 aromatic rings. The number of benzene rings is 1. The summed E-state index contributed by atoms with van der Waals surface area (Å²) in [7, 11) is 0. The fourth-order valence-corrected chi connectivity index (χ4v) is 1.54. The lowest BCUT2D eigenvalue weighted by Crippen LogP contribution is -2.07. The van der Waals surface area contributed by atoms with Crippen LogP contribution in [0.2, 0.25) is 0 Å². The molecule has 1 unspecified atom stereocenters. The van der Waals surface area contributed by atoms with E-state index in [0.717, 1.165) is 12.0 Å². The molecule has 1 rings (SSSR count).